The lowest BCUT2D eigenvalue weighted by Crippen LogP contribution is -2.39. The average Bonchev–Trinajstić information content (AvgIpc) is 4.03. The second kappa shape index (κ2) is 12.2. The molecule has 2 aliphatic carbocycles. The zero-order chi connectivity index (χ0) is 38.8. The third-order valence-corrected chi connectivity index (χ3v) is 14.4. The maximum Gasteiger partial charge on any atom is 0.234 e. The van der Waals surface area contributed by atoms with Crippen molar-refractivity contribution in [2.45, 2.75) is 18.3 Å². The predicted molar refractivity (Wildman–Crippen MR) is 244 cm³/mol. The van der Waals surface area contributed by atoms with Gasteiger partial charge in [0.05, 0.1) is 16.6 Å². The number of benzene rings is 7. The largest absolute Gasteiger partial charge is 0.456 e. The van der Waals surface area contributed by atoms with Gasteiger partial charge in [0.15, 0.2) is 0 Å². The Morgan fingerprint density at radius 2 is 1.31 bits per heavy atom. The SMILES string of the molecule is CC1c2c(c3cc4c(cc3n2-c2nccc(-c3cccc5c3sc3ccccc35)n2)oc2ccccc24)C=CC1C1(c2ccccc2)c2ccccc2-c2ccccc21. The van der Waals surface area contributed by atoms with Gasteiger partial charge in [0, 0.05) is 77.3 Å². The molecule has 0 amide bonds. The van der Waals surface area contributed by atoms with Crippen LogP contribution in [0.5, 0.6) is 0 Å². The first kappa shape index (κ1) is 32.9. The van der Waals surface area contributed by atoms with Crippen molar-refractivity contribution in [2.75, 3.05) is 0 Å². The van der Waals surface area contributed by atoms with E-state index >= 15 is 0 Å². The van der Waals surface area contributed by atoms with Crippen LogP contribution < -0.4 is 0 Å². The van der Waals surface area contributed by atoms with Gasteiger partial charge >= 0.3 is 0 Å². The van der Waals surface area contributed by atoms with Gasteiger partial charge in [-0.05, 0) is 52.1 Å². The molecule has 2 atom stereocenters. The van der Waals surface area contributed by atoms with Gasteiger partial charge in [-0.15, -0.1) is 11.3 Å². The van der Waals surface area contributed by atoms with Crippen molar-refractivity contribution in [1.29, 1.82) is 0 Å². The Morgan fingerprint density at radius 3 is 2.14 bits per heavy atom. The lowest BCUT2D eigenvalue weighted by molar-refractivity contribution is 0.387. The minimum absolute atomic E-state index is 0.0446. The van der Waals surface area contributed by atoms with Gasteiger partial charge in [-0.2, -0.15) is 0 Å². The number of fused-ring (bicyclic) bond motifs is 12. The quantitative estimate of drug-likeness (QED) is 0.179. The minimum Gasteiger partial charge on any atom is -0.456 e. The number of allylic oxidation sites excluding steroid dienone is 1. The molecule has 0 N–H and O–H groups in total. The maximum absolute atomic E-state index is 6.56. The molecule has 2 unspecified atom stereocenters. The Labute approximate surface area is 344 Å². The van der Waals surface area contributed by atoms with Crippen molar-refractivity contribution in [3.05, 3.63) is 204 Å². The van der Waals surface area contributed by atoms with Gasteiger partial charge in [0.25, 0.3) is 0 Å². The van der Waals surface area contributed by atoms with Crippen molar-refractivity contribution in [3.63, 3.8) is 0 Å². The number of hydrogen-bond donors (Lipinski definition) is 0. The molecule has 2 aliphatic rings. The smallest absolute Gasteiger partial charge is 0.234 e. The second-order valence-electron chi connectivity index (χ2n) is 16.1. The number of nitrogens with zero attached hydrogens (tertiary/aromatic N) is 3. The summed E-state index contributed by atoms with van der Waals surface area (Å²) in [7, 11) is 0. The highest BCUT2D eigenvalue weighted by atomic mass is 32.1. The Kier molecular flexibility index (Phi) is 6.82. The van der Waals surface area contributed by atoms with E-state index < -0.39 is 5.41 Å². The van der Waals surface area contributed by atoms with Crippen LogP contribution in [0.4, 0.5) is 0 Å². The zero-order valence-electron chi connectivity index (χ0n) is 32.1. The van der Waals surface area contributed by atoms with E-state index in [2.05, 4.69) is 181 Å². The molecular formula is C54H35N3OS. The Hall–Kier alpha value is -7.08. The van der Waals surface area contributed by atoms with Crippen LogP contribution >= 0.6 is 11.3 Å². The standard InChI is InChI=1S/C54H35N3OS/c1-32-43(54(33-14-3-2-4-15-33)44-22-9-5-16-34(44)35-17-6-10-23-45(35)54)27-26-38-41-30-42-36-18-7-11-24-48(36)58-49(42)31-47(41)57(51(32)38)53-55-29-28-46(56-53)40-21-13-20-39-37-19-8-12-25-50(37)59-52(39)40/h2-32,43H,1H3. The van der Waals surface area contributed by atoms with Crippen LogP contribution in [0.3, 0.4) is 0 Å². The van der Waals surface area contributed by atoms with Crippen LogP contribution in [0, 0.1) is 5.92 Å². The molecule has 0 aliphatic heterocycles. The van der Waals surface area contributed by atoms with Gasteiger partial charge in [0.2, 0.25) is 5.95 Å². The van der Waals surface area contributed by atoms with E-state index in [0.29, 0.717) is 5.95 Å². The number of aromatic nitrogens is 3. The van der Waals surface area contributed by atoms with Gasteiger partial charge in [-0.1, -0.05) is 153 Å². The van der Waals surface area contributed by atoms with Crippen LogP contribution in [0.2, 0.25) is 0 Å². The summed E-state index contributed by atoms with van der Waals surface area (Å²) in [6.45, 7) is 2.41. The lowest BCUT2D eigenvalue weighted by atomic mass is 9.59. The van der Waals surface area contributed by atoms with Crippen molar-refractivity contribution < 1.29 is 4.42 Å². The Bertz CT molecular complexity index is 3510. The minimum atomic E-state index is -0.438. The second-order valence-corrected chi connectivity index (χ2v) is 17.1. The topological polar surface area (TPSA) is 43.9 Å². The van der Waals surface area contributed by atoms with Crippen LogP contribution in [-0.2, 0) is 5.41 Å². The Morgan fingerprint density at radius 1 is 0.610 bits per heavy atom. The normalized spacial score (nSPS) is 16.6. The van der Waals surface area contributed by atoms with Crippen LogP contribution in [0.25, 0.3) is 87.4 Å². The van der Waals surface area contributed by atoms with Crippen molar-refractivity contribution in [1.82, 2.24) is 14.5 Å². The maximum atomic E-state index is 6.56. The fourth-order valence-corrected chi connectivity index (χ4v) is 12.1. The fraction of sp³-hybridized carbons (Fsp3) is 0.0741. The zero-order valence-corrected chi connectivity index (χ0v) is 32.9. The molecule has 278 valence electrons. The molecule has 5 heteroatoms. The van der Waals surface area contributed by atoms with Crippen LogP contribution in [0.1, 0.15) is 40.8 Å². The fourth-order valence-electron chi connectivity index (χ4n) is 10.8. The summed E-state index contributed by atoms with van der Waals surface area (Å²) < 4.78 is 11.4. The van der Waals surface area contributed by atoms with Gasteiger partial charge in [-0.25, -0.2) is 9.97 Å². The van der Waals surface area contributed by atoms with Gasteiger partial charge in [-0.3, -0.25) is 4.57 Å². The molecule has 0 fully saturated rings. The highest BCUT2D eigenvalue weighted by Gasteiger charge is 2.52. The summed E-state index contributed by atoms with van der Waals surface area (Å²) in [6.07, 6.45) is 6.82. The van der Waals surface area contributed by atoms with Crippen molar-refractivity contribution in [3.8, 4) is 28.3 Å². The number of rotatable bonds is 4. The molecule has 7 aromatic carbocycles. The summed E-state index contributed by atoms with van der Waals surface area (Å²) in [5, 5.41) is 5.93. The summed E-state index contributed by atoms with van der Waals surface area (Å²) in [5.41, 5.74) is 13.4. The molecule has 0 saturated carbocycles. The third kappa shape index (κ3) is 4.43. The number of hydrogen-bond acceptors (Lipinski definition) is 4. The van der Waals surface area contributed by atoms with E-state index in [-0.39, 0.29) is 11.8 Å². The average molecular weight is 774 g/mol. The third-order valence-electron chi connectivity index (χ3n) is 13.2. The highest BCUT2D eigenvalue weighted by Crippen LogP contribution is 2.61. The molecule has 0 radical (unpaired) electrons. The van der Waals surface area contributed by atoms with E-state index in [1.54, 1.807) is 0 Å². The molecule has 59 heavy (non-hydrogen) atoms. The van der Waals surface area contributed by atoms with E-state index in [1.165, 1.54) is 64.6 Å². The van der Waals surface area contributed by atoms with E-state index in [4.69, 9.17) is 14.4 Å². The highest BCUT2D eigenvalue weighted by molar-refractivity contribution is 7.26. The molecule has 4 nitrogen and oxygen atoms in total. The summed E-state index contributed by atoms with van der Waals surface area (Å²) >= 11 is 1.83. The van der Waals surface area contributed by atoms with Crippen molar-refractivity contribution >= 4 is 70.4 Å². The number of para-hydroxylation sites is 1. The van der Waals surface area contributed by atoms with E-state index in [0.717, 1.165) is 38.7 Å². The summed E-state index contributed by atoms with van der Waals surface area (Å²) in [6, 6.07) is 59.4. The van der Waals surface area contributed by atoms with Gasteiger partial charge in [0.1, 0.15) is 11.2 Å². The van der Waals surface area contributed by atoms with Crippen molar-refractivity contribution in [2.24, 2.45) is 5.92 Å². The first-order valence-electron chi connectivity index (χ1n) is 20.4. The van der Waals surface area contributed by atoms with E-state index in [9.17, 15) is 0 Å². The predicted octanol–water partition coefficient (Wildman–Crippen LogP) is 14.1. The first-order valence-corrected chi connectivity index (χ1v) is 21.2. The molecule has 11 aromatic rings. The first-order chi connectivity index (χ1) is 29.2. The number of thiophene rings is 1. The monoisotopic (exact) mass is 773 g/mol. The van der Waals surface area contributed by atoms with Crippen LogP contribution in [0.15, 0.2) is 180 Å². The molecule has 4 aromatic heterocycles. The molecule has 0 saturated heterocycles. The van der Waals surface area contributed by atoms with Crippen LogP contribution in [-0.4, -0.2) is 14.5 Å². The molecule has 0 spiro atoms. The molecule has 0 bridgehead atoms. The molecule has 4 heterocycles. The molecule has 13 rings (SSSR count). The summed E-state index contributed by atoms with van der Waals surface area (Å²) in [4.78, 5) is 10.6. The number of furan rings is 1. The molecular weight excluding hydrogens is 739 g/mol. The Balaban J connectivity index is 1.09. The van der Waals surface area contributed by atoms with Gasteiger partial charge < -0.3 is 4.42 Å². The summed E-state index contributed by atoms with van der Waals surface area (Å²) in [5.74, 6) is 0.761. The van der Waals surface area contributed by atoms with E-state index in [1.807, 2.05) is 23.6 Å². The lowest BCUT2D eigenvalue weighted by Gasteiger charge is -2.43.